The number of benzene rings is 2. The van der Waals surface area contributed by atoms with Crippen LogP contribution in [0.4, 0.5) is 0 Å². The van der Waals surface area contributed by atoms with E-state index in [1.54, 1.807) is 4.57 Å². The van der Waals surface area contributed by atoms with E-state index in [0.717, 1.165) is 16.9 Å². The molecule has 1 aliphatic heterocycles. The van der Waals surface area contributed by atoms with Crippen molar-refractivity contribution in [1.29, 1.82) is 0 Å². The normalized spacial score (nSPS) is 15.9. The second-order valence-corrected chi connectivity index (χ2v) is 8.94. The predicted octanol–water partition coefficient (Wildman–Crippen LogP) is 3.59. The lowest BCUT2D eigenvalue weighted by atomic mass is 9.95. The molecule has 2 aromatic carbocycles. The molecule has 0 aliphatic carbocycles. The minimum absolute atomic E-state index is 0.0919. The summed E-state index contributed by atoms with van der Waals surface area (Å²) in [5, 5.41) is 0. The number of carbonyl (C=O) groups is 1. The Morgan fingerprint density at radius 2 is 1.85 bits per heavy atom. The number of thiazole rings is 1. The van der Waals surface area contributed by atoms with Crippen LogP contribution in [-0.4, -0.2) is 23.8 Å². The van der Waals surface area contributed by atoms with Crippen LogP contribution < -0.4 is 19.6 Å². The Balaban J connectivity index is 1.88. The minimum Gasteiger partial charge on any atom is -0.491 e. The maximum atomic E-state index is 13.5. The van der Waals surface area contributed by atoms with E-state index in [2.05, 4.69) is 4.99 Å². The molecule has 0 saturated heterocycles. The number of nitrogens with zero attached hydrogens (tertiary/aromatic N) is 2. The molecule has 0 saturated carbocycles. The van der Waals surface area contributed by atoms with Crippen molar-refractivity contribution < 1.29 is 14.3 Å². The summed E-state index contributed by atoms with van der Waals surface area (Å²) < 4.78 is 12.9. The van der Waals surface area contributed by atoms with Crippen LogP contribution in [-0.2, 0) is 9.53 Å². The molecule has 1 aromatic heterocycles. The molecule has 2 heterocycles. The lowest BCUT2D eigenvalue weighted by molar-refractivity contribution is -0.136. The molecule has 170 valence electrons. The molecule has 0 spiro atoms. The van der Waals surface area contributed by atoms with Crippen molar-refractivity contribution in [2.75, 3.05) is 7.11 Å². The monoisotopic (exact) mass is 462 g/mol. The van der Waals surface area contributed by atoms with Crippen LogP contribution in [0.1, 0.15) is 44.4 Å². The smallest absolute Gasteiger partial charge is 0.338 e. The lowest BCUT2D eigenvalue weighted by Gasteiger charge is -2.25. The van der Waals surface area contributed by atoms with Crippen molar-refractivity contribution in [3.8, 4) is 5.75 Å². The highest BCUT2D eigenvalue weighted by atomic mass is 32.1. The SMILES string of the molecule is CCC1=C(C(=O)OC)[C@@H](c2ccccc2)n2c(s/c(=C\c3ccc(OC(C)C)cc3)c2=O)=N1. The van der Waals surface area contributed by atoms with Gasteiger partial charge in [0.1, 0.15) is 5.75 Å². The van der Waals surface area contributed by atoms with Gasteiger partial charge >= 0.3 is 5.97 Å². The van der Waals surface area contributed by atoms with E-state index in [4.69, 9.17) is 9.47 Å². The zero-order chi connectivity index (χ0) is 23.5. The number of hydrogen-bond donors (Lipinski definition) is 0. The Hall–Kier alpha value is -3.45. The summed E-state index contributed by atoms with van der Waals surface area (Å²) in [5.74, 6) is 0.308. The van der Waals surface area contributed by atoms with E-state index in [9.17, 15) is 9.59 Å². The first kappa shape index (κ1) is 22.7. The molecule has 7 heteroatoms. The summed E-state index contributed by atoms with van der Waals surface area (Å²) in [6, 6.07) is 16.5. The van der Waals surface area contributed by atoms with Gasteiger partial charge in [0.15, 0.2) is 4.80 Å². The average Bonchev–Trinajstić information content (AvgIpc) is 3.13. The van der Waals surface area contributed by atoms with Gasteiger partial charge in [-0.15, -0.1) is 0 Å². The molecular weight excluding hydrogens is 436 g/mol. The van der Waals surface area contributed by atoms with Crippen molar-refractivity contribution in [1.82, 2.24) is 4.57 Å². The van der Waals surface area contributed by atoms with Crippen LogP contribution in [0, 0.1) is 0 Å². The summed E-state index contributed by atoms with van der Waals surface area (Å²) in [5.41, 5.74) is 2.57. The number of hydrogen-bond acceptors (Lipinski definition) is 6. The van der Waals surface area contributed by atoms with Crippen molar-refractivity contribution in [3.05, 3.63) is 96.7 Å². The number of fused-ring (bicyclic) bond motifs is 1. The average molecular weight is 463 g/mol. The van der Waals surface area contributed by atoms with E-state index in [1.807, 2.05) is 81.4 Å². The van der Waals surface area contributed by atoms with Gasteiger partial charge in [-0.2, -0.15) is 0 Å². The third kappa shape index (κ3) is 4.54. The Bertz CT molecular complexity index is 1370. The van der Waals surface area contributed by atoms with Crippen LogP contribution in [0.3, 0.4) is 0 Å². The molecule has 0 N–H and O–H groups in total. The molecule has 33 heavy (non-hydrogen) atoms. The highest BCUT2D eigenvalue weighted by Crippen LogP contribution is 2.31. The van der Waals surface area contributed by atoms with Crippen molar-refractivity contribution in [2.24, 2.45) is 4.99 Å². The first-order valence-electron chi connectivity index (χ1n) is 10.9. The van der Waals surface area contributed by atoms with Crippen LogP contribution >= 0.6 is 11.3 Å². The number of ether oxygens (including phenoxy) is 2. The van der Waals surface area contributed by atoms with Gasteiger partial charge < -0.3 is 9.47 Å². The quantitative estimate of drug-likeness (QED) is 0.525. The standard InChI is InChI=1S/C26H26N2O4S/c1-5-20-22(25(30)31-4)23(18-9-7-6-8-10-18)28-24(29)21(33-26(28)27-20)15-17-11-13-19(14-12-17)32-16(2)3/h6-16,23H,5H2,1-4H3/b21-15-/t23-/m1/s1. The molecule has 1 atom stereocenters. The maximum Gasteiger partial charge on any atom is 0.338 e. The Morgan fingerprint density at radius 1 is 1.15 bits per heavy atom. The Kier molecular flexibility index (Phi) is 6.60. The Labute approximate surface area is 196 Å². The fraction of sp³-hybridized carbons (Fsp3) is 0.269. The lowest BCUT2D eigenvalue weighted by Crippen LogP contribution is -2.40. The third-order valence-electron chi connectivity index (χ3n) is 5.32. The second kappa shape index (κ2) is 9.58. The fourth-order valence-corrected chi connectivity index (χ4v) is 4.90. The maximum absolute atomic E-state index is 13.5. The highest BCUT2D eigenvalue weighted by molar-refractivity contribution is 7.07. The topological polar surface area (TPSA) is 69.9 Å². The van der Waals surface area contributed by atoms with E-state index in [-0.39, 0.29) is 11.7 Å². The van der Waals surface area contributed by atoms with Crippen LogP contribution in [0.2, 0.25) is 0 Å². The first-order valence-corrected chi connectivity index (χ1v) is 11.7. The first-order chi connectivity index (χ1) is 15.9. The zero-order valence-corrected chi connectivity index (χ0v) is 19.9. The van der Waals surface area contributed by atoms with Gasteiger partial charge in [-0.25, -0.2) is 9.79 Å². The molecule has 0 unspecified atom stereocenters. The van der Waals surface area contributed by atoms with Crippen LogP contribution in [0.15, 0.2) is 75.7 Å². The number of methoxy groups -OCH3 is 1. The van der Waals surface area contributed by atoms with Crippen LogP contribution in [0.5, 0.6) is 5.75 Å². The van der Waals surface area contributed by atoms with Gasteiger partial charge in [0.2, 0.25) is 0 Å². The molecule has 4 rings (SSSR count). The van der Waals surface area contributed by atoms with E-state index in [1.165, 1.54) is 18.4 Å². The molecular formula is C26H26N2O4S. The van der Waals surface area contributed by atoms with Gasteiger partial charge in [-0.1, -0.05) is 60.7 Å². The van der Waals surface area contributed by atoms with E-state index in [0.29, 0.717) is 27.0 Å². The number of allylic oxidation sites excluding steroid dienone is 1. The number of carbonyl (C=O) groups excluding carboxylic acids is 1. The summed E-state index contributed by atoms with van der Waals surface area (Å²) in [6.07, 6.45) is 2.49. The highest BCUT2D eigenvalue weighted by Gasteiger charge is 2.33. The van der Waals surface area contributed by atoms with Crippen molar-refractivity contribution in [2.45, 2.75) is 39.3 Å². The molecule has 6 nitrogen and oxygen atoms in total. The molecule has 3 aromatic rings. The van der Waals surface area contributed by atoms with Gasteiger partial charge in [0.05, 0.1) is 35.1 Å². The van der Waals surface area contributed by atoms with Gasteiger partial charge in [-0.3, -0.25) is 9.36 Å². The molecule has 0 amide bonds. The van der Waals surface area contributed by atoms with Gasteiger partial charge in [0.25, 0.3) is 5.56 Å². The van der Waals surface area contributed by atoms with Gasteiger partial charge in [0, 0.05) is 0 Å². The summed E-state index contributed by atoms with van der Waals surface area (Å²) in [6.45, 7) is 5.90. The van der Waals surface area contributed by atoms with E-state index >= 15 is 0 Å². The third-order valence-corrected chi connectivity index (χ3v) is 6.30. The number of esters is 1. The predicted molar refractivity (Wildman–Crippen MR) is 129 cm³/mol. The largest absolute Gasteiger partial charge is 0.491 e. The molecule has 0 bridgehead atoms. The van der Waals surface area contributed by atoms with Crippen molar-refractivity contribution >= 4 is 23.4 Å². The zero-order valence-electron chi connectivity index (χ0n) is 19.1. The minimum atomic E-state index is -0.589. The van der Waals surface area contributed by atoms with E-state index < -0.39 is 12.0 Å². The van der Waals surface area contributed by atoms with Crippen molar-refractivity contribution in [3.63, 3.8) is 0 Å². The van der Waals surface area contributed by atoms with Gasteiger partial charge in [-0.05, 0) is 49.6 Å². The summed E-state index contributed by atoms with van der Waals surface area (Å²) in [7, 11) is 1.35. The van der Waals surface area contributed by atoms with Crippen LogP contribution in [0.25, 0.3) is 6.08 Å². The number of aromatic nitrogens is 1. The second-order valence-electron chi connectivity index (χ2n) is 7.93. The summed E-state index contributed by atoms with van der Waals surface area (Å²) >= 11 is 1.32. The molecule has 0 radical (unpaired) electrons. The molecule has 1 aliphatic rings. The molecule has 0 fully saturated rings. The number of rotatable bonds is 6. The Morgan fingerprint density at radius 3 is 2.45 bits per heavy atom. The summed E-state index contributed by atoms with van der Waals surface area (Å²) in [4.78, 5) is 31.6. The fourth-order valence-electron chi connectivity index (χ4n) is 3.88.